The van der Waals surface area contributed by atoms with Gasteiger partial charge in [-0.15, -0.1) is 0 Å². The normalized spacial score (nSPS) is 20.0. The molecule has 0 radical (unpaired) electrons. The van der Waals surface area contributed by atoms with Gasteiger partial charge in [-0.2, -0.15) is 0 Å². The van der Waals surface area contributed by atoms with Crippen molar-refractivity contribution in [2.75, 3.05) is 19.8 Å². The molecule has 1 fully saturated rings. The summed E-state index contributed by atoms with van der Waals surface area (Å²) in [6.45, 7) is 7.03. The van der Waals surface area contributed by atoms with E-state index in [9.17, 15) is 0 Å². The molecule has 1 aromatic carbocycles. The highest BCUT2D eigenvalue weighted by Gasteiger charge is 2.16. The standard InChI is InChI=1S/C17H27NO2/c1-3-4-10-19-16-8-5-7-15(12-16)14(2)18-13-17-9-6-11-20-17/h5,7-8,12,14,17-18H,3-4,6,9-11,13H2,1-2H3/t14-,17+/m1/s1. The summed E-state index contributed by atoms with van der Waals surface area (Å²) in [5.74, 6) is 0.974. The predicted octanol–water partition coefficient (Wildman–Crippen LogP) is 3.70. The fraction of sp³-hybridized carbons (Fsp3) is 0.647. The summed E-state index contributed by atoms with van der Waals surface area (Å²) in [5, 5.41) is 3.55. The third-order valence-corrected chi connectivity index (χ3v) is 3.80. The third-order valence-electron chi connectivity index (χ3n) is 3.80. The molecule has 1 aliphatic rings. The van der Waals surface area contributed by atoms with Crippen molar-refractivity contribution < 1.29 is 9.47 Å². The van der Waals surface area contributed by atoms with Crippen LogP contribution in [0.15, 0.2) is 24.3 Å². The highest BCUT2D eigenvalue weighted by atomic mass is 16.5. The van der Waals surface area contributed by atoms with E-state index in [0.29, 0.717) is 12.1 Å². The van der Waals surface area contributed by atoms with Gasteiger partial charge < -0.3 is 14.8 Å². The maximum atomic E-state index is 5.76. The maximum absolute atomic E-state index is 5.76. The van der Waals surface area contributed by atoms with Crippen molar-refractivity contribution in [2.45, 2.75) is 51.7 Å². The van der Waals surface area contributed by atoms with Crippen molar-refractivity contribution in [3.8, 4) is 5.75 Å². The van der Waals surface area contributed by atoms with Gasteiger partial charge in [0.25, 0.3) is 0 Å². The Morgan fingerprint density at radius 2 is 2.35 bits per heavy atom. The summed E-state index contributed by atoms with van der Waals surface area (Å²) in [4.78, 5) is 0. The molecule has 1 heterocycles. The topological polar surface area (TPSA) is 30.5 Å². The molecule has 0 bridgehead atoms. The zero-order valence-electron chi connectivity index (χ0n) is 12.7. The number of rotatable bonds is 8. The largest absolute Gasteiger partial charge is 0.494 e. The van der Waals surface area contributed by atoms with Crippen LogP contribution in [0.3, 0.4) is 0 Å². The average molecular weight is 277 g/mol. The molecule has 3 nitrogen and oxygen atoms in total. The molecule has 1 N–H and O–H groups in total. The minimum atomic E-state index is 0.328. The summed E-state index contributed by atoms with van der Waals surface area (Å²) >= 11 is 0. The van der Waals surface area contributed by atoms with E-state index >= 15 is 0 Å². The molecule has 0 amide bonds. The third kappa shape index (κ3) is 4.80. The monoisotopic (exact) mass is 277 g/mol. The first-order chi connectivity index (χ1) is 9.79. The number of benzene rings is 1. The molecular weight excluding hydrogens is 250 g/mol. The fourth-order valence-electron chi connectivity index (χ4n) is 2.44. The highest BCUT2D eigenvalue weighted by molar-refractivity contribution is 5.30. The van der Waals surface area contributed by atoms with Crippen molar-refractivity contribution in [2.24, 2.45) is 0 Å². The number of ether oxygens (including phenoxy) is 2. The minimum Gasteiger partial charge on any atom is -0.494 e. The van der Waals surface area contributed by atoms with Crippen molar-refractivity contribution in [1.29, 1.82) is 0 Å². The van der Waals surface area contributed by atoms with Gasteiger partial charge in [0.1, 0.15) is 5.75 Å². The lowest BCUT2D eigenvalue weighted by atomic mass is 10.1. The summed E-state index contributed by atoms with van der Waals surface area (Å²) in [5.41, 5.74) is 1.27. The van der Waals surface area contributed by atoms with Gasteiger partial charge in [-0.25, -0.2) is 0 Å². The Bertz CT molecular complexity index is 388. The Morgan fingerprint density at radius 1 is 1.45 bits per heavy atom. The van der Waals surface area contributed by atoms with Crippen molar-refractivity contribution in [1.82, 2.24) is 5.32 Å². The summed E-state index contributed by atoms with van der Waals surface area (Å²) in [6, 6.07) is 8.73. The summed E-state index contributed by atoms with van der Waals surface area (Å²) in [6.07, 6.45) is 5.04. The van der Waals surface area contributed by atoms with Crippen molar-refractivity contribution in [3.63, 3.8) is 0 Å². The second-order valence-corrected chi connectivity index (χ2v) is 5.54. The van der Waals surface area contributed by atoms with Crippen LogP contribution in [-0.4, -0.2) is 25.9 Å². The molecule has 112 valence electrons. The van der Waals surface area contributed by atoms with E-state index in [0.717, 1.165) is 31.9 Å². The van der Waals surface area contributed by atoms with Crippen molar-refractivity contribution in [3.05, 3.63) is 29.8 Å². The van der Waals surface area contributed by atoms with E-state index < -0.39 is 0 Å². The molecule has 0 saturated carbocycles. The van der Waals surface area contributed by atoms with E-state index in [2.05, 4.69) is 37.4 Å². The molecule has 2 atom stereocenters. The average Bonchev–Trinajstić information content (AvgIpc) is 2.99. The first-order valence-corrected chi connectivity index (χ1v) is 7.87. The number of hydrogen-bond donors (Lipinski definition) is 1. The van der Waals surface area contributed by atoms with E-state index in [1.165, 1.54) is 24.8 Å². The first-order valence-electron chi connectivity index (χ1n) is 7.87. The lowest BCUT2D eigenvalue weighted by Crippen LogP contribution is -2.28. The SMILES string of the molecule is CCCCOc1cccc([C@@H](C)NC[C@@H]2CCCO2)c1. The van der Waals surface area contributed by atoms with Gasteiger partial charge in [0.05, 0.1) is 12.7 Å². The molecule has 0 unspecified atom stereocenters. The molecule has 1 aliphatic heterocycles. The van der Waals surface area contributed by atoms with E-state index in [1.54, 1.807) is 0 Å². The summed E-state index contributed by atoms with van der Waals surface area (Å²) in [7, 11) is 0. The van der Waals surface area contributed by atoms with Crippen LogP contribution in [0.1, 0.15) is 51.1 Å². The van der Waals surface area contributed by atoms with Gasteiger partial charge in [-0.3, -0.25) is 0 Å². The second-order valence-electron chi connectivity index (χ2n) is 5.54. The Balaban J connectivity index is 1.81. The van der Waals surface area contributed by atoms with Crippen LogP contribution in [0.5, 0.6) is 5.75 Å². The molecule has 1 saturated heterocycles. The van der Waals surface area contributed by atoms with Crippen molar-refractivity contribution >= 4 is 0 Å². The number of hydrogen-bond acceptors (Lipinski definition) is 3. The molecule has 3 heteroatoms. The molecule has 0 aromatic heterocycles. The zero-order chi connectivity index (χ0) is 14.2. The van der Waals surface area contributed by atoms with Crippen LogP contribution in [0, 0.1) is 0 Å². The summed E-state index contributed by atoms with van der Waals surface area (Å²) < 4.78 is 11.4. The highest BCUT2D eigenvalue weighted by Crippen LogP contribution is 2.20. The molecular formula is C17H27NO2. The van der Waals surface area contributed by atoms with Crippen LogP contribution >= 0.6 is 0 Å². The van der Waals surface area contributed by atoms with Crippen LogP contribution in [-0.2, 0) is 4.74 Å². The lowest BCUT2D eigenvalue weighted by Gasteiger charge is -2.18. The van der Waals surface area contributed by atoms with Gasteiger partial charge in [-0.05, 0) is 43.9 Å². The van der Waals surface area contributed by atoms with Crippen LogP contribution in [0.4, 0.5) is 0 Å². The molecule has 20 heavy (non-hydrogen) atoms. The van der Waals surface area contributed by atoms with Crippen LogP contribution in [0.2, 0.25) is 0 Å². The van der Waals surface area contributed by atoms with Gasteiger partial charge in [-0.1, -0.05) is 25.5 Å². The fourth-order valence-corrected chi connectivity index (χ4v) is 2.44. The molecule has 0 spiro atoms. The minimum absolute atomic E-state index is 0.328. The van der Waals surface area contributed by atoms with Crippen LogP contribution < -0.4 is 10.1 Å². The first kappa shape index (κ1) is 15.3. The van der Waals surface area contributed by atoms with E-state index in [4.69, 9.17) is 9.47 Å². The Kier molecular flexibility index (Phi) is 6.34. The number of unbranched alkanes of at least 4 members (excludes halogenated alkanes) is 1. The molecule has 0 aliphatic carbocycles. The van der Waals surface area contributed by atoms with Crippen LogP contribution in [0.25, 0.3) is 0 Å². The lowest BCUT2D eigenvalue weighted by molar-refractivity contribution is 0.108. The quantitative estimate of drug-likeness (QED) is 0.735. The van der Waals surface area contributed by atoms with E-state index in [1.807, 2.05) is 6.07 Å². The van der Waals surface area contributed by atoms with Gasteiger partial charge in [0, 0.05) is 19.2 Å². The van der Waals surface area contributed by atoms with Gasteiger partial charge in [0.15, 0.2) is 0 Å². The van der Waals surface area contributed by atoms with Gasteiger partial charge in [0.2, 0.25) is 0 Å². The molecule has 1 aromatic rings. The van der Waals surface area contributed by atoms with Gasteiger partial charge >= 0.3 is 0 Å². The number of nitrogens with one attached hydrogen (secondary N) is 1. The molecule has 2 rings (SSSR count). The Morgan fingerprint density at radius 3 is 3.10 bits per heavy atom. The Hall–Kier alpha value is -1.06. The zero-order valence-corrected chi connectivity index (χ0v) is 12.7. The predicted molar refractivity (Wildman–Crippen MR) is 82.2 cm³/mol. The smallest absolute Gasteiger partial charge is 0.119 e. The second kappa shape index (κ2) is 8.28. The Labute approximate surface area is 122 Å². The van der Waals surface area contributed by atoms with E-state index in [-0.39, 0.29) is 0 Å². The maximum Gasteiger partial charge on any atom is 0.119 e.